The molecule has 1 rings (SSSR count). The third-order valence-electron chi connectivity index (χ3n) is 2.25. The van der Waals surface area contributed by atoms with E-state index >= 15 is 0 Å². The predicted octanol–water partition coefficient (Wildman–Crippen LogP) is 0.878. The van der Waals surface area contributed by atoms with Gasteiger partial charge >= 0.3 is 17.3 Å². The van der Waals surface area contributed by atoms with Crippen molar-refractivity contribution in [3.8, 4) is 0 Å². The number of carbonyl (C=O) groups is 1. The van der Waals surface area contributed by atoms with Gasteiger partial charge in [0.2, 0.25) is 0 Å². The zero-order valence-corrected chi connectivity index (χ0v) is 10.6. The first-order valence-corrected chi connectivity index (χ1v) is 6.19. The minimum Gasteiger partial charge on any atom is -0.465 e. The van der Waals surface area contributed by atoms with Gasteiger partial charge in [0.25, 0.3) is 0 Å². The second-order valence-corrected chi connectivity index (χ2v) is 4.12. The fourth-order valence-corrected chi connectivity index (χ4v) is 1.64. The lowest BCUT2D eigenvalue weighted by atomic mass is 10.1. The molecular weight excluding hydrogens is 260 g/mol. The average Bonchev–Trinajstić information content (AvgIpc) is 2.35. The third kappa shape index (κ3) is 4.92. The molecule has 7 heteroatoms. The van der Waals surface area contributed by atoms with Crippen molar-refractivity contribution in [1.29, 1.82) is 0 Å². The smallest absolute Gasteiger partial charge is 0.337 e. The van der Waals surface area contributed by atoms with Crippen molar-refractivity contribution in [3.63, 3.8) is 0 Å². The van der Waals surface area contributed by atoms with E-state index in [0.29, 0.717) is 12.0 Å². The molecule has 0 heterocycles. The van der Waals surface area contributed by atoms with Crippen LogP contribution in [-0.4, -0.2) is 33.2 Å². The van der Waals surface area contributed by atoms with E-state index in [-0.39, 0.29) is 6.42 Å². The topological polar surface area (TPSA) is 93.1 Å². The Morgan fingerprint density at radius 2 is 2.00 bits per heavy atom. The van der Waals surface area contributed by atoms with Crippen molar-refractivity contribution < 1.29 is 27.6 Å². The number of aryl methyl sites for hydroxylation is 1. The summed E-state index contributed by atoms with van der Waals surface area (Å²) in [6.07, 6.45) is -0.653. The number of esters is 1. The van der Waals surface area contributed by atoms with Crippen LogP contribution in [0.5, 0.6) is 0 Å². The van der Waals surface area contributed by atoms with Crippen molar-refractivity contribution in [2.24, 2.45) is 0 Å². The number of rotatable bonds is 6. The summed E-state index contributed by atoms with van der Waals surface area (Å²) in [7, 11) is 1.30. The van der Waals surface area contributed by atoms with Gasteiger partial charge in [0, 0.05) is 6.42 Å². The van der Waals surface area contributed by atoms with E-state index < -0.39 is 23.6 Å². The van der Waals surface area contributed by atoms with Crippen LogP contribution in [0, 0.1) is 0 Å². The van der Waals surface area contributed by atoms with Crippen LogP contribution in [0.1, 0.15) is 22.3 Å². The lowest BCUT2D eigenvalue weighted by molar-refractivity contribution is -0.0183. The fourth-order valence-electron chi connectivity index (χ4n) is 1.36. The first kappa shape index (κ1) is 14.8. The normalized spacial score (nSPS) is 13.9. The fraction of sp³-hybridized carbons (Fsp3) is 0.364. The van der Waals surface area contributed by atoms with Crippen LogP contribution in [0.3, 0.4) is 0 Å². The monoisotopic (exact) mass is 274 g/mol. The number of benzene rings is 1. The van der Waals surface area contributed by atoms with Gasteiger partial charge < -0.3 is 9.84 Å². The molecule has 100 valence electrons. The van der Waals surface area contributed by atoms with Gasteiger partial charge in [-0.15, -0.1) is 0 Å². The molecule has 0 aliphatic heterocycles. The van der Waals surface area contributed by atoms with E-state index in [4.69, 9.17) is 4.55 Å². The van der Waals surface area contributed by atoms with E-state index in [9.17, 15) is 14.1 Å². The zero-order valence-electron chi connectivity index (χ0n) is 9.74. The molecule has 0 bridgehead atoms. The van der Waals surface area contributed by atoms with E-state index in [0.717, 1.165) is 5.56 Å². The van der Waals surface area contributed by atoms with E-state index in [1.54, 1.807) is 24.3 Å². The van der Waals surface area contributed by atoms with Gasteiger partial charge in [0.15, 0.2) is 6.29 Å². The van der Waals surface area contributed by atoms with Gasteiger partial charge in [-0.1, -0.05) is 12.1 Å². The number of aliphatic hydroxyl groups excluding tert-OH is 1. The summed E-state index contributed by atoms with van der Waals surface area (Å²) in [4.78, 5) is 11.2. The molecule has 6 nitrogen and oxygen atoms in total. The van der Waals surface area contributed by atoms with Crippen molar-refractivity contribution in [3.05, 3.63) is 35.4 Å². The first-order valence-electron chi connectivity index (χ1n) is 5.16. The maximum Gasteiger partial charge on any atom is 0.337 e. The van der Waals surface area contributed by atoms with Gasteiger partial charge in [-0.05, 0) is 24.1 Å². The summed E-state index contributed by atoms with van der Waals surface area (Å²) >= 11 is -2.48. The molecule has 0 aromatic heterocycles. The molecule has 0 aliphatic carbocycles. The highest BCUT2D eigenvalue weighted by atomic mass is 32.2. The molecule has 1 aromatic rings. The molecule has 0 amide bonds. The van der Waals surface area contributed by atoms with Crippen LogP contribution in [-0.2, 0) is 26.7 Å². The molecule has 2 N–H and O–H groups in total. The number of carbonyl (C=O) groups excluding carboxylic acids is 1. The molecule has 0 saturated carbocycles. The van der Waals surface area contributed by atoms with Crippen molar-refractivity contribution >= 4 is 17.3 Å². The van der Waals surface area contributed by atoms with Crippen LogP contribution >= 0.6 is 0 Å². The maximum atomic E-state index is 11.2. The number of methoxy groups -OCH3 is 1. The Morgan fingerprint density at radius 3 is 2.50 bits per heavy atom. The Balaban J connectivity index is 2.49. The SMILES string of the molecule is COC(=O)c1ccc(CCC(O)OS(=O)O)cc1. The van der Waals surface area contributed by atoms with Crippen LogP contribution in [0.25, 0.3) is 0 Å². The van der Waals surface area contributed by atoms with Crippen LogP contribution in [0.2, 0.25) is 0 Å². The molecular formula is C11H14O6S. The number of ether oxygens (including phenoxy) is 1. The second-order valence-electron chi connectivity index (χ2n) is 3.50. The summed E-state index contributed by atoms with van der Waals surface area (Å²) in [5.74, 6) is -0.416. The summed E-state index contributed by atoms with van der Waals surface area (Å²) in [6, 6.07) is 6.65. The maximum absolute atomic E-state index is 11.2. The predicted molar refractivity (Wildman–Crippen MR) is 64.0 cm³/mol. The zero-order chi connectivity index (χ0) is 13.5. The standard InChI is InChI=1S/C11H14O6S/c1-16-11(13)9-5-2-8(3-6-9)4-7-10(12)17-18(14)15/h2-3,5-6,10,12H,4,7H2,1H3,(H,14,15). The third-order valence-corrected chi connectivity index (χ3v) is 2.64. The highest BCUT2D eigenvalue weighted by Crippen LogP contribution is 2.09. The van der Waals surface area contributed by atoms with Crippen molar-refractivity contribution in [1.82, 2.24) is 0 Å². The minimum atomic E-state index is -2.48. The summed E-state index contributed by atoms with van der Waals surface area (Å²) in [5, 5.41) is 9.21. The second kappa shape index (κ2) is 7.22. The Labute approximate surface area is 107 Å². The van der Waals surface area contributed by atoms with Gasteiger partial charge in [-0.2, -0.15) is 4.21 Å². The summed E-state index contributed by atoms with van der Waals surface area (Å²) in [5.41, 5.74) is 1.31. The van der Waals surface area contributed by atoms with Crippen molar-refractivity contribution in [2.45, 2.75) is 19.1 Å². The lowest BCUT2D eigenvalue weighted by Crippen LogP contribution is -2.14. The van der Waals surface area contributed by atoms with E-state index in [2.05, 4.69) is 8.92 Å². The Bertz CT molecular complexity index is 416. The number of hydrogen-bond acceptors (Lipinski definition) is 5. The summed E-state index contributed by atoms with van der Waals surface area (Å²) < 4.78 is 27.5. The lowest BCUT2D eigenvalue weighted by Gasteiger charge is -2.08. The van der Waals surface area contributed by atoms with Gasteiger partial charge in [-0.3, -0.25) is 4.55 Å². The van der Waals surface area contributed by atoms with Gasteiger partial charge in [-0.25, -0.2) is 8.98 Å². The Hall–Kier alpha value is -1.28. The van der Waals surface area contributed by atoms with Crippen molar-refractivity contribution in [2.75, 3.05) is 7.11 Å². The quantitative estimate of drug-likeness (QED) is 0.454. The molecule has 0 fully saturated rings. The first-order chi connectivity index (χ1) is 8.52. The highest BCUT2D eigenvalue weighted by Gasteiger charge is 2.09. The largest absolute Gasteiger partial charge is 0.465 e. The molecule has 1 aromatic carbocycles. The summed E-state index contributed by atoms with van der Waals surface area (Å²) in [6.45, 7) is 0. The Kier molecular flexibility index (Phi) is 5.93. The molecule has 0 spiro atoms. The Morgan fingerprint density at radius 1 is 1.39 bits per heavy atom. The number of aliphatic hydroxyl groups is 1. The minimum absolute atomic E-state index is 0.184. The van der Waals surface area contributed by atoms with Gasteiger partial charge in [0.05, 0.1) is 12.7 Å². The van der Waals surface area contributed by atoms with Gasteiger partial charge in [0.1, 0.15) is 0 Å². The average molecular weight is 274 g/mol. The molecule has 18 heavy (non-hydrogen) atoms. The highest BCUT2D eigenvalue weighted by molar-refractivity contribution is 7.74. The molecule has 2 unspecified atom stereocenters. The van der Waals surface area contributed by atoms with Crippen LogP contribution in [0.15, 0.2) is 24.3 Å². The molecule has 0 saturated heterocycles. The number of hydrogen-bond donors (Lipinski definition) is 2. The van der Waals surface area contributed by atoms with E-state index in [1.807, 2.05) is 0 Å². The van der Waals surface area contributed by atoms with E-state index in [1.165, 1.54) is 7.11 Å². The van der Waals surface area contributed by atoms with Crippen LogP contribution in [0.4, 0.5) is 0 Å². The molecule has 0 radical (unpaired) electrons. The molecule has 0 aliphatic rings. The molecule has 2 atom stereocenters. The van der Waals surface area contributed by atoms with Crippen LogP contribution < -0.4 is 0 Å².